The van der Waals surface area contributed by atoms with Gasteiger partial charge in [0.15, 0.2) is 11.9 Å². The number of carboxylic acids is 1. The molecular formula is C10H10FN3O6. The Morgan fingerprint density at radius 1 is 1.45 bits per heavy atom. The van der Waals surface area contributed by atoms with Crippen molar-refractivity contribution in [3.8, 4) is 0 Å². The molecule has 0 aliphatic carbocycles. The maximum absolute atomic E-state index is 13.4. The van der Waals surface area contributed by atoms with Crippen molar-refractivity contribution >= 4 is 23.4 Å². The fourth-order valence-electron chi connectivity index (χ4n) is 1.22. The molecule has 0 fully saturated rings. The van der Waals surface area contributed by atoms with E-state index in [1.54, 1.807) is 0 Å². The van der Waals surface area contributed by atoms with E-state index in [0.29, 0.717) is 6.07 Å². The summed E-state index contributed by atoms with van der Waals surface area (Å²) in [5, 5.41) is 31.5. The van der Waals surface area contributed by atoms with Gasteiger partial charge in [0.05, 0.1) is 23.3 Å². The molecule has 9 nitrogen and oxygen atoms in total. The number of aliphatic carboxylic acids is 1. The summed E-state index contributed by atoms with van der Waals surface area (Å²) in [4.78, 5) is 31.5. The number of non-ortho nitro benzene ring substituents is 1. The van der Waals surface area contributed by atoms with Crippen LogP contribution in [-0.2, 0) is 4.79 Å². The van der Waals surface area contributed by atoms with Crippen LogP contribution in [0, 0.1) is 15.9 Å². The Kier molecular flexibility index (Phi) is 4.92. The van der Waals surface area contributed by atoms with Crippen LogP contribution in [0.25, 0.3) is 0 Å². The number of nitrogens with zero attached hydrogens (tertiary/aromatic N) is 1. The monoisotopic (exact) mass is 287 g/mol. The standard InChI is InChI=1S/C10H10FN3O6/c11-6-3-5(14(19)20)1-2-7(6)12-10(18)13-8(4-15)9(16)17/h1-3,8,15H,4H2,(H,16,17)(H2,12,13,18). The third-order valence-electron chi connectivity index (χ3n) is 2.20. The molecule has 1 atom stereocenters. The normalized spacial score (nSPS) is 11.5. The van der Waals surface area contributed by atoms with Gasteiger partial charge in [-0.2, -0.15) is 0 Å². The first-order chi connectivity index (χ1) is 9.35. The van der Waals surface area contributed by atoms with E-state index >= 15 is 0 Å². The second-order valence-corrected chi connectivity index (χ2v) is 3.59. The Bertz CT molecular complexity index is 550. The summed E-state index contributed by atoms with van der Waals surface area (Å²) in [6.45, 7) is -0.842. The molecule has 1 aromatic rings. The molecule has 10 heteroatoms. The molecule has 2 amide bonds. The van der Waals surface area contributed by atoms with Gasteiger partial charge in [0, 0.05) is 6.07 Å². The predicted molar refractivity (Wildman–Crippen MR) is 63.7 cm³/mol. The number of carboxylic acid groups (broad SMARTS) is 1. The summed E-state index contributed by atoms with van der Waals surface area (Å²) in [5.41, 5.74) is -0.859. The van der Waals surface area contributed by atoms with Crippen LogP contribution >= 0.6 is 0 Å². The number of urea groups is 1. The molecule has 20 heavy (non-hydrogen) atoms. The van der Waals surface area contributed by atoms with Gasteiger partial charge in [0.25, 0.3) is 5.69 Å². The number of rotatable bonds is 5. The smallest absolute Gasteiger partial charge is 0.328 e. The SMILES string of the molecule is O=C(Nc1ccc([N+](=O)[O-])cc1F)NC(CO)C(=O)O. The molecule has 1 rings (SSSR count). The number of carbonyl (C=O) groups is 2. The number of halogens is 1. The minimum absolute atomic E-state index is 0.366. The fourth-order valence-corrected chi connectivity index (χ4v) is 1.22. The topological polar surface area (TPSA) is 142 Å². The van der Waals surface area contributed by atoms with Gasteiger partial charge in [-0.15, -0.1) is 0 Å². The van der Waals surface area contributed by atoms with Gasteiger partial charge in [-0.1, -0.05) is 0 Å². The van der Waals surface area contributed by atoms with E-state index in [2.05, 4.69) is 0 Å². The van der Waals surface area contributed by atoms with Crippen molar-refractivity contribution in [1.82, 2.24) is 5.32 Å². The number of benzene rings is 1. The van der Waals surface area contributed by atoms with Crippen molar-refractivity contribution in [3.05, 3.63) is 34.1 Å². The van der Waals surface area contributed by atoms with E-state index in [-0.39, 0.29) is 5.69 Å². The number of amides is 2. The zero-order chi connectivity index (χ0) is 15.3. The number of aliphatic hydroxyl groups excluding tert-OH is 1. The Morgan fingerprint density at radius 3 is 2.55 bits per heavy atom. The lowest BCUT2D eigenvalue weighted by molar-refractivity contribution is -0.385. The van der Waals surface area contributed by atoms with Crippen molar-refractivity contribution in [2.24, 2.45) is 0 Å². The molecule has 108 valence electrons. The van der Waals surface area contributed by atoms with E-state index in [9.17, 15) is 24.1 Å². The van der Waals surface area contributed by atoms with E-state index in [1.165, 1.54) is 0 Å². The summed E-state index contributed by atoms with van der Waals surface area (Å²) < 4.78 is 13.4. The first-order valence-corrected chi connectivity index (χ1v) is 5.20. The average molecular weight is 287 g/mol. The van der Waals surface area contributed by atoms with Gasteiger partial charge in [-0.05, 0) is 6.07 Å². The summed E-state index contributed by atoms with van der Waals surface area (Å²) in [6.07, 6.45) is 0. The van der Waals surface area contributed by atoms with E-state index < -0.39 is 41.1 Å². The lowest BCUT2D eigenvalue weighted by Crippen LogP contribution is -2.45. The number of aliphatic hydroxyl groups is 1. The molecule has 0 spiro atoms. The van der Waals surface area contributed by atoms with Crippen molar-refractivity contribution in [1.29, 1.82) is 0 Å². The molecule has 0 bridgehead atoms. The highest BCUT2D eigenvalue weighted by Gasteiger charge is 2.19. The Hall–Kier alpha value is -2.75. The summed E-state index contributed by atoms with van der Waals surface area (Å²) in [5.74, 6) is -2.52. The van der Waals surface area contributed by atoms with Crippen LogP contribution < -0.4 is 10.6 Å². The number of nitrogens with one attached hydrogen (secondary N) is 2. The molecule has 4 N–H and O–H groups in total. The third-order valence-corrected chi connectivity index (χ3v) is 2.20. The van der Waals surface area contributed by atoms with E-state index in [0.717, 1.165) is 12.1 Å². The van der Waals surface area contributed by atoms with Crippen molar-refractivity contribution in [3.63, 3.8) is 0 Å². The number of nitro groups is 1. The first-order valence-electron chi connectivity index (χ1n) is 5.20. The number of hydrogen-bond donors (Lipinski definition) is 4. The zero-order valence-electron chi connectivity index (χ0n) is 9.87. The first kappa shape index (κ1) is 15.3. The highest BCUT2D eigenvalue weighted by Crippen LogP contribution is 2.20. The molecule has 0 saturated carbocycles. The lowest BCUT2D eigenvalue weighted by atomic mass is 10.2. The average Bonchev–Trinajstić information content (AvgIpc) is 2.37. The van der Waals surface area contributed by atoms with Gasteiger partial charge in [-0.25, -0.2) is 14.0 Å². The van der Waals surface area contributed by atoms with Crippen LogP contribution in [0.15, 0.2) is 18.2 Å². The van der Waals surface area contributed by atoms with Crippen molar-refractivity contribution < 1.29 is 29.1 Å². The second-order valence-electron chi connectivity index (χ2n) is 3.59. The zero-order valence-corrected chi connectivity index (χ0v) is 9.87. The Balaban J connectivity index is 2.76. The fraction of sp³-hybridized carbons (Fsp3) is 0.200. The largest absolute Gasteiger partial charge is 0.480 e. The quantitative estimate of drug-likeness (QED) is 0.453. The molecule has 1 aromatic carbocycles. The maximum Gasteiger partial charge on any atom is 0.328 e. The number of carbonyl (C=O) groups excluding carboxylic acids is 1. The number of nitro benzene ring substituents is 1. The van der Waals surface area contributed by atoms with Gasteiger partial charge >= 0.3 is 12.0 Å². The molecule has 0 saturated heterocycles. The Morgan fingerprint density at radius 2 is 2.10 bits per heavy atom. The molecular weight excluding hydrogens is 277 g/mol. The summed E-state index contributed by atoms with van der Waals surface area (Å²) in [6, 6.07) is -0.0762. The maximum atomic E-state index is 13.4. The van der Waals surface area contributed by atoms with Crippen LogP contribution in [0.2, 0.25) is 0 Å². The van der Waals surface area contributed by atoms with Crippen LogP contribution in [-0.4, -0.2) is 39.8 Å². The molecule has 0 aliphatic heterocycles. The third kappa shape index (κ3) is 3.88. The van der Waals surface area contributed by atoms with E-state index in [4.69, 9.17) is 10.2 Å². The van der Waals surface area contributed by atoms with Crippen LogP contribution in [0.5, 0.6) is 0 Å². The summed E-state index contributed by atoms with van der Waals surface area (Å²) in [7, 11) is 0. The summed E-state index contributed by atoms with van der Waals surface area (Å²) >= 11 is 0. The van der Waals surface area contributed by atoms with Gasteiger partial charge in [0.1, 0.15) is 0 Å². The van der Waals surface area contributed by atoms with Crippen LogP contribution in [0.1, 0.15) is 0 Å². The predicted octanol–water partition coefficient (Wildman–Crippen LogP) is 0.301. The minimum Gasteiger partial charge on any atom is -0.480 e. The highest BCUT2D eigenvalue weighted by atomic mass is 19.1. The molecule has 0 aliphatic rings. The van der Waals surface area contributed by atoms with Crippen molar-refractivity contribution in [2.45, 2.75) is 6.04 Å². The highest BCUT2D eigenvalue weighted by molar-refractivity contribution is 5.92. The molecule has 1 unspecified atom stereocenters. The second kappa shape index (κ2) is 6.43. The van der Waals surface area contributed by atoms with Crippen LogP contribution in [0.3, 0.4) is 0 Å². The minimum atomic E-state index is -1.55. The van der Waals surface area contributed by atoms with Crippen LogP contribution in [0.4, 0.5) is 20.6 Å². The van der Waals surface area contributed by atoms with Crippen molar-refractivity contribution in [2.75, 3.05) is 11.9 Å². The molecule has 0 aromatic heterocycles. The Labute approximate surface area is 111 Å². The molecule has 0 heterocycles. The van der Waals surface area contributed by atoms with Gasteiger partial charge in [-0.3, -0.25) is 10.1 Å². The van der Waals surface area contributed by atoms with E-state index in [1.807, 2.05) is 10.6 Å². The lowest BCUT2D eigenvalue weighted by Gasteiger charge is -2.12. The number of hydrogen-bond acceptors (Lipinski definition) is 5. The van der Waals surface area contributed by atoms with Gasteiger partial charge < -0.3 is 20.8 Å². The van der Waals surface area contributed by atoms with Gasteiger partial charge in [0.2, 0.25) is 0 Å². The molecule has 0 radical (unpaired) electrons. The number of anilines is 1.